The highest BCUT2D eigenvalue weighted by molar-refractivity contribution is 5.92. The second kappa shape index (κ2) is 10.7. The molecule has 2 aromatic rings. The summed E-state index contributed by atoms with van der Waals surface area (Å²) in [6.07, 6.45) is 1.12. The zero-order chi connectivity index (χ0) is 21.3. The number of hydrogen-bond donors (Lipinski definition) is 1. The van der Waals surface area contributed by atoms with Crippen molar-refractivity contribution in [3.63, 3.8) is 0 Å². The predicted octanol–water partition coefficient (Wildman–Crippen LogP) is 3.08. The van der Waals surface area contributed by atoms with Crippen LogP contribution < -0.4 is 10.1 Å². The van der Waals surface area contributed by atoms with Gasteiger partial charge in [0.1, 0.15) is 11.6 Å². The number of anilines is 1. The van der Waals surface area contributed by atoms with E-state index in [4.69, 9.17) is 4.74 Å². The maximum atomic E-state index is 13.2. The third-order valence-electron chi connectivity index (χ3n) is 5.03. The molecule has 1 saturated heterocycles. The van der Waals surface area contributed by atoms with Crippen LogP contribution in [0.1, 0.15) is 18.4 Å². The summed E-state index contributed by atoms with van der Waals surface area (Å²) < 4.78 is 18.9. The molecule has 1 aliphatic rings. The molecule has 1 heterocycles. The van der Waals surface area contributed by atoms with Crippen LogP contribution in [0.25, 0.3) is 0 Å². The quantitative estimate of drug-likeness (QED) is 0.676. The molecular formula is C23H28FN3O3. The topological polar surface area (TPSA) is 61.9 Å². The molecule has 2 amide bonds. The first-order valence-corrected chi connectivity index (χ1v) is 10.2. The fourth-order valence-electron chi connectivity index (χ4n) is 3.33. The van der Waals surface area contributed by atoms with Crippen molar-refractivity contribution in [3.8, 4) is 5.75 Å². The van der Waals surface area contributed by atoms with E-state index < -0.39 is 0 Å². The lowest BCUT2D eigenvalue weighted by Gasteiger charge is -2.34. The third-order valence-corrected chi connectivity index (χ3v) is 5.03. The maximum absolute atomic E-state index is 13.2. The summed E-state index contributed by atoms with van der Waals surface area (Å²) in [7, 11) is 0. The molecule has 0 aromatic heterocycles. The molecule has 3 rings (SSSR count). The molecule has 0 aliphatic carbocycles. The van der Waals surface area contributed by atoms with Crippen LogP contribution in [-0.4, -0.2) is 60.9 Å². The standard InChI is InChI=1S/C23H28FN3O3/c1-18-7-9-21(10-8-18)30-15-3-6-23(29)27-13-11-26(12-14-27)17-22(28)25-20-5-2-4-19(24)16-20/h2,4-5,7-10,16H,3,6,11-15,17H2,1H3,(H,25,28). The molecule has 1 fully saturated rings. The Balaban J connectivity index is 1.31. The number of benzene rings is 2. The molecular weight excluding hydrogens is 385 g/mol. The lowest BCUT2D eigenvalue weighted by molar-refractivity contribution is -0.133. The molecule has 2 aromatic carbocycles. The monoisotopic (exact) mass is 413 g/mol. The molecule has 0 unspecified atom stereocenters. The van der Waals surface area contributed by atoms with E-state index in [0.717, 1.165) is 5.75 Å². The first-order chi connectivity index (χ1) is 14.5. The predicted molar refractivity (Wildman–Crippen MR) is 114 cm³/mol. The summed E-state index contributed by atoms with van der Waals surface area (Å²) in [5, 5.41) is 2.70. The van der Waals surface area contributed by atoms with Crippen LogP contribution in [-0.2, 0) is 9.59 Å². The number of aryl methyl sites for hydroxylation is 1. The largest absolute Gasteiger partial charge is 0.494 e. The molecule has 0 saturated carbocycles. The SMILES string of the molecule is Cc1ccc(OCCCC(=O)N2CCN(CC(=O)Nc3cccc(F)c3)CC2)cc1. The van der Waals surface area contributed by atoms with Gasteiger partial charge in [0.05, 0.1) is 13.2 Å². The van der Waals surface area contributed by atoms with E-state index in [2.05, 4.69) is 5.32 Å². The van der Waals surface area contributed by atoms with E-state index in [-0.39, 0.29) is 24.2 Å². The number of carbonyl (C=O) groups excluding carboxylic acids is 2. The summed E-state index contributed by atoms with van der Waals surface area (Å²) in [6, 6.07) is 13.7. The van der Waals surface area contributed by atoms with Crippen LogP contribution in [0.2, 0.25) is 0 Å². The van der Waals surface area contributed by atoms with Gasteiger partial charge >= 0.3 is 0 Å². The second-order valence-electron chi connectivity index (χ2n) is 7.48. The Labute approximate surface area is 176 Å². The van der Waals surface area contributed by atoms with Gasteiger partial charge in [0.15, 0.2) is 0 Å². The van der Waals surface area contributed by atoms with Crippen LogP contribution in [0, 0.1) is 12.7 Å². The minimum Gasteiger partial charge on any atom is -0.494 e. The molecule has 1 N–H and O–H groups in total. The Morgan fingerprint density at radius 3 is 2.50 bits per heavy atom. The number of ether oxygens (including phenoxy) is 1. The third kappa shape index (κ3) is 6.84. The molecule has 0 radical (unpaired) electrons. The van der Waals surface area contributed by atoms with Crippen LogP contribution in [0.3, 0.4) is 0 Å². The Kier molecular flexibility index (Phi) is 7.79. The average Bonchev–Trinajstić information content (AvgIpc) is 2.73. The lowest BCUT2D eigenvalue weighted by atomic mass is 10.2. The number of hydrogen-bond acceptors (Lipinski definition) is 4. The number of nitrogens with zero attached hydrogens (tertiary/aromatic N) is 2. The summed E-state index contributed by atoms with van der Waals surface area (Å²) >= 11 is 0. The van der Waals surface area contributed by atoms with Gasteiger partial charge in [-0.3, -0.25) is 14.5 Å². The van der Waals surface area contributed by atoms with E-state index in [0.29, 0.717) is 51.3 Å². The average molecular weight is 413 g/mol. The first-order valence-electron chi connectivity index (χ1n) is 10.2. The fraction of sp³-hybridized carbons (Fsp3) is 0.391. The van der Waals surface area contributed by atoms with Gasteiger partial charge in [-0.05, 0) is 43.7 Å². The van der Waals surface area contributed by atoms with Gasteiger partial charge in [-0.15, -0.1) is 0 Å². The molecule has 1 aliphatic heterocycles. The fourth-order valence-corrected chi connectivity index (χ4v) is 3.33. The Hall–Kier alpha value is -2.93. The minimum absolute atomic E-state index is 0.117. The van der Waals surface area contributed by atoms with Crippen molar-refractivity contribution in [3.05, 3.63) is 59.9 Å². The van der Waals surface area contributed by atoms with Crippen molar-refractivity contribution in [1.82, 2.24) is 9.80 Å². The van der Waals surface area contributed by atoms with Gasteiger partial charge in [0.2, 0.25) is 11.8 Å². The summed E-state index contributed by atoms with van der Waals surface area (Å²) in [4.78, 5) is 28.4. The van der Waals surface area contributed by atoms with Crippen LogP contribution in [0.5, 0.6) is 5.75 Å². The molecule has 0 spiro atoms. The number of piperazine rings is 1. The van der Waals surface area contributed by atoms with Gasteiger partial charge in [0, 0.05) is 38.3 Å². The van der Waals surface area contributed by atoms with Crippen molar-refractivity contribution < 1.29 is 18.7 Å². The van der Waals surface area contributed by atoms with Crippen LogP contribution in [0.15, 0.2) is 48.5 Å². The molecule has 30 heavy (non-hydrogen) atoms. The molecule has 160 valence electrons. The van der Waals surface area contributed by atoms with Crippen molar-refractivity contribution >= 4 is 17.5 Å². The number of halogens is 1. The highest BCUT2D eigenvalue weighted by Crippen LogP contribution is 2.13. The van der Waals surface area contributed by atoms with Gasteiger partial charge < -0.3 is 15.0 Å². The van der Waals surface area contributed by atoms with Crippen molar-refractivity contribution in [2.24, 2.45) is 0 Å². The smallest absolute Gasteiger partial charge is 0.238 e. The van der Waals surface area contributed by atoms with E-state index in [1.165, 1.54) is 17.7 Å². The first kappa shape index (κ1) is 21.8. The normalized spacial score (nSPS) is 14.4. The Morgan fingerprint density at radius 1 is 1.07 bits per heavy atom. The summed E-state index contributed by atoms with van der Waals surface area (Å²) in [5.41, 5.74) is 1.63. The molecule has 0 atom stereocenters. The van der Waals surface area contributed by atoms with Gasteiger partial charge in [0.25, 0.3) is 0 Å². The van der Waals surface area contributed by atoms with Gasteiger partial charge in [-0.25, -0.2) is 4.39 Å². The van der Waals surface area contributed by atoms with Gasteiger partial charge in [-0.2, -0.15) is 0 Å². The summed E-state index contributed by atoms with van der Waals surface area (Å²) in [5.74, 6) is 0.363. The molecule has 0 bridgehead atoms. The lowest BCUT2D eigenvalue weighted by Crippen LogP contribution is -2.50. The number of carbonyl (C=O) groups is 2. The number of amides is 2. The highest BCUT2D eigenvalue weighted by Gasteiger charge is 2.22. The molecule has 6 nitrogen and oxygen atoms in total. The minimum atomic E-state index is -0.385. The maximum Gasteiger partial charge on any atom is 0.238 e. The summed E-state index contributed by atoms with van der Waals surface area (Å²) in [6.45, 7) is 5.25. The number of rotatable bonds is 8. The van der Waals surface area contributed by atoms with Crippen molar-refractivity contribution in [1.29, 1.82) is 0 Å². The zero-order valence-electron chi connectivity index (χ0n) is 17.3. The van der Waals surface area contributed by atoms with Gasteiger partial charge in [-0.1, -0.05) is 23.8 Å². The van der Waals surface area contributed by atoms with E-state index in [9.17, 15) is 14.0 Å². The Morgan fingerprint density at radius 2 is 1.80 bits per heavy atom. The van der Waals surface area contributed by atoms with Crippen LogP contribution >= 0.6 is 0 Å². The van der Waals surface area contributed by atoms with Crippen LogP contribution in [0.4, 0.5) is 10.1 Å². The highest BCUT2D eigenvalue weighted by atomic mass is 19.1. The van der Waals surface area contributed by atoms with Crippen molar-refractivity contribution in [2.45, 2.75) is 19.8 Å². The number of nitrogens with one attached hydrogen (secondary N) is 1. The van der Waals surface area contributed by atoms with E-state index in [1.54, 1.807) is 12.1 Å². The van der Waals surface area contributed by atoms with E-state index >= 15 is 0 Å². The second-order valence-corrected chi connectivity index (χ2v) is 7.48. The zero-order valence-corrected chi connectivity index (χ0v) is 17.3. The van der Waals surface area contributed by atoms with Crippen molar-refractivity contribution in [2.75, 3.05) is 44.6 Å². The Bertz CT molecular complexity index is 849. The molecule has 7 heteroatoms. The van der Waals surface area contributed by atoms with E-state index in [1.807, 2.05) is 41.0 Å².